The topological polar surface area (TPSA) is 187 Å². The van der Waals surface area contributed by atoms with Gasteiger partial charge in [-0.25, -0.2) is 24.7 Å². The van der Waals surface area contributed by atoms with Gasteiger partial charge in [0, 0.05) is 74.9 Å². The van der Waals surface area contributed by atoms with Crippen LogP contribution in [0.4, 0.5) is 16.6 Å². The Kier molecular flexibility index (Phi) is 14.2. The molecule has 0 bridgehead atoms. The third-order valence-corrected chi connectivity index (χ3v) is 10.3. The molecule has 0 aliphatic carbocycles. The number of carbonyl (C=O) groups excluding carboxylic acids is 4. The van der Waals surface area contributed by atoms with Gasteiger partial charge in [0.05, 0.1) is 23.3 Å². The zero-order valence-corrected chi connectivity index (χ0v) is 34.1. The van der Waals surface area contributed by atoms with Crippen LogP contribution in [0, 0.1) is 11.3 Å². The average Bonchev–Trinajstić information content (AvgIpc) is 3.36. The number of hydrogen-bond acceptors (Lipinski definition) is 12. The van der Waals surface area contributed by atoms with E-state index in [2.05, 4.69) is 31.7 Å². The van der Waals surface area contributed by atoms with E-state index in [0.29, 0.717) is 79.0 Å². The lowest BCUT2D eigenvalue weighted by atomic mass is 9.97. The van der Waals surface area contributed by atoms with Gasteiger partial charge in [0.15, 0.2) is 5.78 Å². The van der Waals surface area contributed by atoms with E-state index in [1.165, 1.54) is 0 Å². The van der Waals surface area contributed by atoms with Crippen molar-refractivity contribution in [3.8, 4) is 17.3 Å². The van der Waals surface area contributed by atoms with Crippen LogP contribution in [0.1, 0.15) is 115 Å². The number of nitrogens with one attached hydrogen (secondary N) is 2. The predicted octanol–water partition coefficient (Wildman–Crippen LogP) is 5.59. The first kappa shape index (κ1) is 42.5. The fourth-order valence-corrected chi connectivity index (χ4v) is 7.11. The van der Waals surface area contributed by atoms with Crippen molar-refractivity contribution in [2.24, 2.45) is 0 Å². The van der Waals surface area contributed by atoms with Gasteiger partial charge in [-0.3, -0.25) is 14.4 Å². The van der Waals surface area contributed by atoms with Crippen molar-refractivity contribution in [2.75, 3.05) is 42.5 Å². The Morgan fingerprint density at radius 1 is 0.965 bits per heavy atom. The second-order valence-electron chi connectivity index (χ2n) is 16.2. The van der Waals surface area contributed by atoms with E-state index >= 15 is 0 Å². The minimum absolute atomic E-state index is 0.0264. The van der Waals surface area contributed by atoms with Crippen LogP contribution in [0.5, 0.6) is 0 Å². The third kappa shape index (κ3) is 11.2. The molecular formula is C42H56N10O5. The molecule has 1 atom stereocenters. The maximum atomic E-state index is 13.4. The van der Waals surface area contributed by atoms with Gasteiger partial charge in [-0.15, -0.1) is 0 Å². The number of ether oxygens (including phenoxy) is 1. The molecule has 0 aromatic carbocycles. The molecule has 1 saturated heterocycles. The van der Waals surface area contributed by atoms with Crippen LogP contribution in [0.2, 0.25) is 0 Å². The molecule has 2 aliphatic heterocycles. The largest absolute Gasteiger partial charge is 0.444 e. The highest BCUT2D eigenvalue weighted by atomic mass is 16.6. The van der Waals surface area contributed by atoms with Gasteiger partial charge >= 0.3 is 6.09 Å². The van der Waals surface area contributed by atoms with E-state index in [9.17, 15) is 24.4 Å². The van der Waals surface area contributed by atoms with Crippen molar-refractivity contribution >= 4 is 35.5 Å². The van der Waals surface area contributed by atoms with Crippen molar-refractivity contribution in [1.29, 1.82) is 5.26 Å². The number of fused-ring (bicyclic) bond motifs is 1. The highest BCUT2D eigenvalue weighted by Gasteiger charge is 2.45. The van der Waals surface area contributed by atoms with Gasteiger partial charge in [0.25, 0.3) is 0 Å². The van der Waals surface area contributed by atoms with Crippen molar-refractivity contribution in [1.82, 2.24) is 35.5 Å². The second-order valence-corrected chi connectivity index (χ2v) is 16.2. The summed E-state index contributed by atoms with van der Waals surface area (Å²) in [5.74, 6) is 0.812. The van der Waals surface area contributed by atoms with Crippen LogP contribution in [0.3, 0.4) is 0 Å². The number of anilines is 2. The molecule has 3 amide bonds. The normalized spacial score (nSPS) is 16.2. The molecule has 15 heteroatoms. The number of Topliss-reactive ketones (excluding diaryl/α,β-unsaturated/α-hetero) is 1. The minimum atomic E-state index is -0.865. The predicted molar refractivity (Wildman–Crippen MR) is 216 cm³/mol. The molecule has 5 rings (SSSR count). The number of pyridine rings is 2. The molecule has 304 valence electrons. The second kappa shape index (κ2) is 19.0. The van der Waals surface area contributed by atoms with E-state index in [-0.39, 0.29) is 36.3 Å². The van der Waals surface area contributed by atoms with Crippen LogP contribution >= 0.6 is 0 Å². The lowest BCUT2D eigenvalue weighted by molar-refractivity contribution is -0.134. The molecule has 5 heterocycles. The SMILES string of the molecule is C[C@@H]1CN(c2ncc(-c3ccc4c(n3)N(Cc3cccnc3C#N)C(C)(C)C4=O)cn2)CCN1C(=O)CNC(=O)CCCCCCCCCNC(=O)OC(C)(C)C. The average molecular weight is 781 g/mol. The lowest BCUT2D eigenvalue weighted by Gasteiger charge is -2.39. The zero-order valence-electron chi connectivity index (χ0n) is 34.1. The Morgan fingerprint density at radius 2 is 1.67 bits per heavy atom. The first-order chi connectivity index (χ1) is 27.2. The molecule has 0 radical (unpaired) electrons. The van der Waals surface area contributed by atoms with Crippen LogP contribution in [-0.2, 0) is 20.9 Å². The molecule has 2 aliphatic rings. The van der Waals surface area contributed by atoms with E-state index in [4.69, 9.17) is 9.72 Å². The Morgan fingerprint density at radius 3 is 2.35 bits per heavy atom. The highest BCUT2D eigenvalue weighted by molar-refractivity contribution is 6.12. The van der Waals surface area contributed by atoms with Gasteiger partial charge in [0.1, 0.15) is 23.2 Å². The number of carbonyl (C=O) groups is 4. The number of unbranched alkanes of at least 4 members (excludes halogenated alkanes) is 6. The Balaban J connectivity index is 1.02. The quantitative estimate of drug-likeness (QED) is 0.172. The first-order valence-corrected chi connectivity index (χ1v) is 20.0. The number of ketones is 1. The zero-order chi connectivity index (χ0) is 41.2. The summed E-state index contributed by atoms with van der Waals surface area (Å²) < 4.78 is 5.23. The Hall–Kier alpha value is -5.65. The molecule has 57 heavy (non-hydrogen) atoms. The molecular weight excluding hydrogens is 725 g/mol. The van der Waals surface area contributed by atoms with E-state index < -0.39 is 11.1 Å². The molecule has 3 aromatic heterocycles. The van der Waals surface area contributed by atoms with Gasteiger partial charge in [0.2, 0.25) is 17.8 Å². The first-order valence-electron chi connectivity index (χ1n) is 20.0. The standard InChI is InChI=1S/C42H56N10O5/c1-29-27-50(21-22-51(29)36(54)26-46-35(53)16-12-10-8-7-9-11-13-19-45-40(56)57-41(2,3)4)39-47-24-31(25-48-39)33-18-17-32-37(55)42(5,6)52(38(32)49-33)28-30-15-14-20-44-34(30)23-43/h14-15,17-18,20,24-25,29H,7-13,16,19,21-22,26-28H2,1-6H3,(H,45,56)(H,46,53)/t29-/m1/s1. The van der Waals surface area contributed by atoms with Crippen LogP contribution < -0.4 is 20.4 Å². The third-order valence-electron chi connectivity index (χ3n) is 10.3. The Bertz CT molecular complexity index is 1940. The summed E-state index contributed by atoms with van der Waals surface area (Å²) in [4.78, 5) is 74.7. The van der Waals surface area contributed by atoms with Crippen molar-refractivity contribution < 1.29 is 23.9 Å². The molecule has 1 fully saturated rings. The number of aromatic nitrogens is 4. The van der Waals surface area contributed by atoms with Gasteiger partial charge in [-0.2, -0.15) is 5.26 Å². The Labute approximate surface area is 335 Å². The summed E-state index contributed by atoms with van der Waals surface area (Å²) in [6.45, 7) is 13.7. The number of nitrogens with zero attached hydrogens (tertiary/aromatic N) is 8. The maximum Gasteiger partial charge on any atom is 0.407 e. The number of piperazine rings is 1. The summed E-state index contributed by atoms with van der Waals surface area (Å²) in [6, 6.07) is 9.22. The summed E-state index contributed by atoms with van der Waals surface area (Å²) in [5.41, 5.74) is 1.49. The molecule has 3 aromatic rings. The number of hydrogen-bond donors (Lipinski definition) is 2. The maximum absolute atomic E-state index is 13.4. The number of rotatable bonds is 16. The molecule has 0 saturated carbocycles. The molecule has 0 unspecified atom stereocenters. The van der Waals surface area contributed by atoms with Crippen molar-refractivity contribution in [3.63, 3.8) is 0 Å². The van der Waals surface area contributed by atoms with Crippen molar-refractivity contribution in [2.45, 2.75) is 117 Å². The number of alkyl carbamates (subject to hydrolysis) is 1. The van der Waals surface area contributed by atoms with E-state index in [1.54, 1.807) is 41.7 Å². The molecule has 2 N–H and O–H groups in total. The number of nitriles is 1. The van der Waals surface area contributed by atoms with Crippen LogP contribution in [0.25, 0.3) is 11.3 Å². The number of amides is 3. The smallest absolute Gasteiger partial charge is 0.407 e. The van der Waals surface area contributed by atoms with E-state index in [1.807, 2.05) is 57.4 Å². The summed E-state index contributed by atoms with van der Waals surface area (Å²) in [6.07, 6.45) is 11.9. The van der Waals surface area contributed by atoms with Gasteiger partial charge in [-0.05, 0) is 72.6 Å². The monoisotopic (exact) mass is 780 g/mol. The van der Waals surface area contributed by atoms with Gasteiger partial charge in [-0.1, -0.05) is 38.2 Å². The van der Waals surface area contributed by atoms with E-state index in [0.717, 1.165) is 44.9 Å². The molecule has 0 spiro atoms. The van der Waals surface area contributed by atoms with Crippen LogP contribution in [0.15, 0.2) is 42.9 Å². The summed E-state index contributed by atoms with van der Waals surface area (Å²) >= 11 is 0. The van der Waals surface area contributed by atoms with Crippen molar-refractivity contribution in [3.05, 3.63) is 59.7 Å². The molecule has 15 nitrogen and oxygen atoms in total. The van der Waals surface area contributed by atoms with Crippen LogP contribution in [-0.4, -0.2) is 98.4 Å². The fraction of sp³-hybridized carbons (Fsp3) is 0.548. The summed E-state index contributed by atoms with van der Waals surface area (Å²) in [7, 11) is 0. The summed E-state index contributed by atoms with van der Waals surface area (Å²) in [5, 5.41) is 15.2. The highest BCUT2D eigenvalue weighted by Crippen LogP contribution is 2.40. The fourth-order valence-electron chi connectivity index (χ4n) is 7.11. The van der Waals surface area contributed by atoms with Gasteiger partial charge < -0.3 is 30.1 Å². The lowest BCUT2D eigenvalue weighted by Crippen LogP contribution is -2.56. The minimum Gasteiger partial charge on any atom is -0.444 e.